The van der Waals surface area contributed by atoms with Crippen LogP contribution in [0.25, 0.3) is 5.69 Å². The smallest absolute Gasteiger partial charge is 0.280 e. The molecule has 0 spiro atoms. The molecule has 16 heavy (non-hydrogen) atoms. The van der Waals surface area contributed by atoms with Crippen LogP contribution in [0.3, 0.4) is 0 Å². The first-order chi connectivity index (χ1) is 7.72. The Labute approximate surface area is 92.4 Å². The molecule has 1 heterocycles. The molecule has 1 aromatic carbocycles. The summed E-state index contributed by atoms with van der Waals surface area (Å²) in [5.74, 6) is 0. The van der Waals surface area contributed by atoms with Crippen molar-refractivity contribution in [2.24, 2.45) is 0 Å². The number of aryl methyl sites for hydroxylation is 1. The lowest BCUT2D eigenvalue weighted by Crippen LogP contribution is -2.21. The van der Waals surface area contributed by atoms with Gasteiger partial charge in [0.1, 0.15) is 6.07 Å². The van der Waals surface area contributed by atoms with Crippen LogP contribution in [0.1, 0.15) is 11.3 Å². The maximum atomic E-state index is 11.8. The van der Waals surface area contributed by atoms with Crippen molar-refractivity contribution in [1.29, 1.82) is 5.26 Å². The predicted octanol–water partition coefficient (Wildman–Crippen LogP) is 1.41. The van der Waals surface area contributed by atoms with Gasteiger partial charge in [-0.15, -0.1) is 0 Å². The molecule has 78 valence electrons. The Morgan fingerprint density at radius 1 is 1.31 bits per heavy atom. The van der Waals surface area contributed by atoms with Gasteiger partial charge in [-0.25, -0.2) is 4.98 Å². The second-order valence-electron chi connectivity index (χ2n) is 3.40. The molecule has 0 aliphatic heterocycles. The highest BCUT2D eigenvalue weighted by Crippen LogP contribution is 2.06. The van der Waals surface area contributed by atoms with E-state index in [-0.39, 0.29) is 5.69 Å². The maximum Gasteiger partial charge on any atom is 0.291 e. The summed E-state index contributed by atoms with van der Waals surface area (Å²) in [5, 5.41) is 8.71. The average Bonchev–Trinajstić information content (AvgIpc) is 2.31. The summed E-state index contributed by atoms with van der Waals surface area (Å²) in [6, 6.07) is 9.26. The second kappa shape index (κ2) is 3.99. The number of nitrogens with zero attached hydrogens (tertiary/aromatic N) is 3. The lowest BCUT2D eigenvalue weighted by Gasteiger charge is -2.05. The molecule has 0 bridgehead atoms. The fourth-order valence-electron chi connectivity index (χ4n) is 1.40. The fraction of sp³-hybridized carbons (Fsp3) is 0.0833. The van der Waals surface area contributed by atoms with Crippen LogP contribution >= 0.6 is 0 Å². The van der Waals surface area contributed by atoms with Crippen molar-refractivity contribution in [3.8, 4) is 11.8 Å². The minimum atomic E-state index is -0.395. The van der Waals surface area contributed by atoms with Crippen LogP contribution in [0.5, 0.6) is 0 Å². The third kappa shape index (κ3) is 1.71. The van der Waals surface area contributed by atoms with E-state index >= 15 is 0 Å². The lowest BCUT2D eigenvalue weighted by molar-refractivity contribution is 0.942. The molecule has 0 fully saturated rings. The van der Waals surface area contributed by atoms with E-state index in [0.29, 0.717) is 0 Å². The van der Waals surface area contributed by atoms with E-state index in [1.807, 2.05) is 31.2 Å². The van der Waals surface area contributed by atoms with Crippen molar-refractivity contribution in [3.63, 3.8) is 0 Å². The van der Waals surface area contributed by atoms with Crippen LogP contribution in [0.4, 0.5) is 0 Å². The van der Waals surface area contributed by atoms with Gasteiger partial charge in [-0.2, -0.15) is 5.26 Å². The van der Waals surface area contributed by atoms with Crippen molar-refractivity contribution in [3.05, 3.63) is 58.3 Å². The molecule has 0 unspecified atom stereocenters. The largest absolute Gasteiger partial charge is 0.291 e. The third-order valence-electron chi connectivity index (χ3n) is 2.26. The van der Waals surface area contributed by atoms with Gasteiger partial charge in [-0.3, -0.25) is 9.36 Å². The average molecular weight is 211 g/mol. The topological polar surface area (TPSA) is 58.7 Å². The van der Waals surface area contributed by atoms with Crippen molar-refractivity contribution < 1.29 is 0 Å². The number of hydrogen-bond acceptors (Lipinski definition) is 3. The second-order valence-corrected chi connectivity index (χ2v) is 3.40. The molecule has 0 aliphatic rings. The molecule has 0 saturated carbocycles. The molecule has 0 saturated heterocycles. The Morgan fingerprint density at radius 2 is 2.00 bits per heavy atom. The monoisotopic (exact) mass is 211 g/mol. The molecule has 0 radical (unpaired) electrons. The summed E-state index contributed by atoms with van der Waals surface area (Å²) in [4.78, 5) is 15.5. The number of nitriles is 1. The van der Waals surface area contributed by atoms with E-state index in [4.69, 9.17) is 5.26 Å². The maximum absolute atomic E-state index is 11.8. The Kier molecular flexibility index (Phi) is 2.52. The highest BCUT2D eigenvalue weighted by atomic mass is 16.1. The van der Waals surface area contributed by atoms with Crippen molar-refractivity contribution in [1.82, 2.24) is 9.55 Å². The molecule has 0 N–H and O–H groups in total. The first kappa shape index (κ1) is 10.1. The third-order valence-corrected chi connectivity index (χ3v) is 2.26. The van der Waals surface area contributed by atoms with Gasteiger partial charge < -0.3 is 0 Å². The molecule has 1 aromatic heterocycles. The zero-order valence-corrected chi connectivity index (χ0v) is 8.71. The fourth-order valence-corrected chi connectivity index (χ4v) is 1.40. The van der Waals surface area contributed by atoms with Crippen LogP contribution in [0.2, 0.25) is 0 Å². The van der Waals surface area contributed by atoms with E-state index in [2.05, 4.69) is 4.98 Å². The minimum Gasteiger partial charge on any atom is -0.280 e. The zero-order valence-electron chi connectivity index (χ0n) is 8.71. The van der Waals surface area contributed by atoms with Gasteiger partial charge in [0.25, 0.3) is 5.56 Å². The van der Waals surface area contributed by atoms with Crippen molar-refractivity contribution >= 4 is 0 Å². The van der Waals surface area contributed by atoms with Crippen LogP contribution in [0.15, 0.2) is 41.5 Å². The summed E-state index contributed by atoms with van der Waals surface area (Å²) in [7, 11) is 0. The zero-order chi connectivity index (χ0) is 11.5. The quantitative estimate of drug-likeness (QED) is 0.716. The molecule has 4 heteroatoms. The Hall–Kier alpha value is -2.41. The Balaban J connectivity index is 2.62. The summed E-state index contributed by atoms with van der Waals surface area (Å²) < 4.78 is 1.41. The Morgan fingerprint density at radius 3 is 2.62 bits per heavy atom. The summed E-state index contributed by atoms with van der Waals surface area (Å²) in [6.07, 6.45) is 2.99. The first-order valence-corrected chi connectivity index (χ1v) is 4.77. The highest BCUT2D eigenvalue weighted by Gasteiger charge is 2.04. The molecular formula is C12H9N3O. The molecule has 0 aliphatic carbocycles. The van der Waals surface area contributed by atoms with Crippen molar-refractivity contribution in [2.75, 3.05) is 0 Å². The van der Waals surface area contributed by atoms with Gasteiger partial charge in [-0.05, 0) is 19.1 Å². The van der Waals surface area contributed by atoms with Gasteiger partial charge in [0.15, 0.2) is 0 Å². The lowest BCUT2D eigenvalue weighted by atomic mass is 10.2. The number of aromatic nitrogens is 2. The van der Waals surface area contributed by atoms with E-state index in [0.717, 1.165) is 11.3 Å². The number of rotatable bonds is 1. The molecule has 0 amide bonds. The summed E-state index contributed by atoms with van der Waals surface area (Å²) in [6.45, 7) is 1.97. The predicted molar refractivity (Wildman–Crippen MR) is 59.3 cm³/mol. The molecule has 2 aromatic rings. The van der Waals surface area contributed by atoms with Gasteiger partial charge >= 0.3 is 0 Å². The van der Waals surface area contributed by atoms with Crippen molar-refractivity contribution in [2.45, 2.75) is 6.92 Å². The Bertz CT molecular complexity index is 605. The summed E-state index contributed by atoms with van der Waals surface area (Å²) >= 11 is 0. The van der Waals surface area contributed by atoms with Crippen LogP contribution < -0.4 is 5.56 Å². The van der Waals surface area contributed by atoms with Crippen LogP contribution in [-0.4, -0.2) is 9.55 Å². The van der Waals surface area contributed by atoms with Gasteiger partial charge in [0.05, 0.1) is 0 Å². The summed E-state index contributed by atoms with van der Waals surface area (Å²) in [5.41, 5.74) is 1.36. The van der Waals surface area contributed by atoms with E-state index in [1.54, 1.807) is 12.3 Å². The first-order valence-electron chi connectivity index (χ1n) is 4.77. The minimum absolute atomic E-state index is 0.0944. The van der Waals surface area contributed by atoms with Gasteiger partial charge in [0, 0.05) is 18.1 Å². The normalized spacial score (nSPS) is 9.75. The molecule has 2 rings (SSSR count). The number of benzene rings is 1. The van der Waals surface area contributed by atoms with Gasteiger partial charge in [0.2, 0.25) is 5.69 Å². The van der Waals surface area contributed by atoms with Crippen LogP contribution in [-0.2, 0) is 0 Å². The molecule has 0 atom stereocenters. The van der Waals surface area contributed by atoms with E-state index in [1.165, 1.54) is 10.8 Å². The van der Waals surface area contributed by atoms with Gasteiger partial charge in [-0.1, -0.05) is 17.7 Å². The SMILES string of the molecule is Cc1ccc(-n2ccnc(C#N)c2=O)cc1. The highest BCUT2D eigenvalue weighted by molar-refractivity contribution is 5.35. The standard InChI is InChI=1S/C12H9N3O/c1-9-2-4-10(5-3-9)15-7-6-14-11(8-13)12(15)16/h2-7H,1H3. The number of hydrogen-bond donors (Lipinski definition) is 0. The van der Waals surface area contributed by atoms with E-state index in [9.17, 15) is 4.79 Å². The molecule has 4 nitrogen and oxygen atoms in total. The van der Waals surface area contributed by atoms with E-state index < -0.39 is 5.56 Å². The molecular weight excluding hydrogens is 202 g/mol. The van der Waals surface area contributed by atoms with Crippen LogP contribution in [0, 0.1) is 18.3 Å².